The highest BCUT2D eigenvalue weighted by Gasteiger charge is 2.45. The number of Topliss-reactive ketones (excluding diaryl/α,β-unsaturated/α-hetero) is 1. The van der Waals surface area contributed by atoms with E-state index in [2.05, 4.69) is 13.8 Å². The van der Waals surface area contributed by atoms with Gasteiger partial charge in [0.05, 0.1) is 24.8 Å². The molecule has 35 heavy (non-hydrogen) atoms. The first-order chi connectivity index (χ1) is 16.7. The Bertz CT molecular complexity index is 1040. The van der Waals surface area contributed by atoms with Crippen LogP contribution in [0.2, 0.25) is 0 Å². The Balaban J connectivity index is 1.99. The summed E-state index contributed by atoms with van der Waals surface area (Å²) >= 11 is 0. The zero-order valence-corrected chi connectivity index (χ0v) is 21.3. The Kier molecular flexibility index (Phi) is 8.93. The van der Waals surface area contributed by atoms with Gasteiger partial charge in [0.15, 0.2) is 0 Å². The van der Waals surface area contributed by atoms with Crippen LogP contribution < -0.4 is 9.47 Å². The van der Waals surface area contributed by atoms with E-state index in [1.807, 2.05) is 50.2 Å². The van der Waals surface area contributed by atoms with Crippen LogP contribution in [0.5, 0.6) is 11.5 Å². The number of ketones is 1. The van der Waals surface area contributed by atoms with Crippen LogP contribution in [0.25, 0.3) is 5.76 Å². The Morgan fingerprint density at radius 1 is 1.00 bits per heavy atom. The van der Waals surface area contributed by atoms with Crippen molar-refractivity contribution in [2.45, 2.75) is 33.2 Å². The molecular formula is C28H36N2O5. The smallest absolute Gasteiger partial charge is 0.295 e. The lowest BCUT2D eigenvalue weighted by atomic mass is 9.95. The quantitative estimate of drug-likeness (QED) is 0.290. The molecule has 0 saturated carbocycles. The van der Waals surface area contributed by atoms with Crippen molar-refractivity contribution in [1.82, 2.24) is 9.80 Å². The summed E-state index contributed by atoms with van der Waals surface area (Å²) in [4.78, 5) is 29.8. The topological polar surface area (TPSA) is 79.3 Å². The van der Waals surface area contributed by atoms with Gasteiger partial charge in [0.2, 0.25) is 0 Å². The predicted octanol–water partition coefficient (Wildman–Crippen LogP) is 4.49. The van der Waals surface area contributed by atoms with Gasteiger partial charge in [-0.15, -0.1) is 0 Å². The number of carbonyl (C=O) groups excluding carboxylic acids is 2. The van der Waals surface area contributed by atoms with E-state index >= 15 is 0 Å². The van der Waals surface area contributed by atoms with Gasteiger partial charge in [-0.05, 0) is 81.9 Å². The lowest BCUT2D eigenvalue weighted by molar-refractivity contribution is -0.139. The lowest BCUT2D eigenvalue weighted by Crippen LogP contribution is -2.32. The van der Waals surface area contributed by atoms with E-state index in [4.69, 9.17) is 9.47 Å². The predicted molar refractivity (Wildman–Crippen MR) is 137 cm³/mol. The second-order valence-corrected chi connectivity index (χ2v) is 9.38. The Morgan fingerprint density at radius 2 is 1.60 bits per heavy atom. The number of aliphatic hydroxyl groups excluding tert-OH is 1. The number of aliphatic hydroxyl groups is 1. The largest absolute Gasteiger partial charge is 0.507 e. The molecule has 188 valence electrons. The molecule has 3 rings (SSSR count). The summed E-state index contributed by atoms with van der Waals surface area (Å²) in [6.45, 7) is 8.35. The Hall–Kier alpha value is -3.32. The molecule has 1 fully saturated rings. The summed E-state index contributed by atoms with van der Waals surface area (Å²) in [5.41, 5.74) is 1.31. The number of benzene rings is 2. The van der Waals surface area contributed by atoms with Gasteiger partial charge >= 0.3 is 0 Å². The summed E-state index contributed by atoms with van der Waals surface area (Å²) in [6.07, 6.45) is 0.704. The molecule has 0 unspecified atom stereocenters. The van der Waals surface area contributed by atoms with Crippen molar-refractivity contribution in [3.63, 3.8) is 0 Å². The first-order valence-electron chi connectivity index (χ1n) is 12.1. The van der Waals surface area contributed by atoms with E-state index in [1.165, 1.54) is 0 Å². The van der Waals surface area contributed by atoms with Gasteiger partial charge in [-0.1, -0.05) is 26.0 Å². The lowest BCUT2D eigenvalue weighted by Gasteiger charge is -2.26. The molecule has 1 atom stereocenters. The van der Waals surface area contributed by atoms with Crippen LogP contribution in [0.3, 0.4) is 0 Å². The van der Waals surface area contributed by atoms with Crippen molar-refractivity contribution >= 4 is 17.4 Å². The zero-order chi connectivity index (χ0) is 25.5. The third-order valence-electron chi connectivity index (χ3n) is 5.76. The molecule has 1 saturated heterocycles. The molecule has 2 aromatic rings. The monoisotopic (exact) mass is 480 g/mol. The first-order valence-corrected chi connectivity index (χ1v) is 12.1. The third-order valence-corrected chi connectivity index (χ3v) is 5.76. The molecule has 1 aliphatic rings. The maximum atomic E-state index is 13.2. The number of carbonyl (C=O) groups is 2. The van der Waals surface area contributed by atoms with Crippen LogP contribution in [0.1, 0.15) is 44.4 Å². The van der Waals surface area contributed by atoms with Crippen LogP contribution in [-0.4, -0.2) is 67.0 Å². The average molecular weight is 481 g/mol. The highest BCUT2D eigenvalue weighted by Crippen LogP contribution is 2.40. The van der Waals surface area contributed by atoms with E-state index < -0.39 is 17.7 Å². The summed E-state index contributed by atoms with van der Waals surface area (Å²) in [5, 5.41) is 11.2. The minimum absolute atomic E-state index is 0.0971. The van der Waals surface area contributed by atoms with Gasteiger partial charge in [0, 0.05) is 12.1 Å². The van der Waals surface area contributed by atoms with E-state index in [9.17, 15) is 14.7 Å². The van der Waals surface area contributed by atoms with Crippen molar-refractivity contribution < 1.29 is 24.2 Å². The molecule has 0 bridgehead atoms. The van der Waals surface area contributed by atoms with Crippen LogP contribution in [0.15, 0.2) is 54.1 Å². The molecule has 0 spiro atoms. The number of rotatable bonds is 11. The number of ether oxygens (including phenoxy) is 2. The van der Waals surface area contributed by atoms with Crippen LogP contribution in [-0.2, 0) is 9.59 Å². The van der Waals surface area contributed by atoms with Gasteiger partial charge in [-0.3, -0.25) is 9.59 Å². The molecule has 1 heterocycles. The van der Waals surface area contributed by atoms with E-state index in [-0.39, 0.29) is 11.3 Å². The number of nitrogens with zero attached hydrogens (tertiary/aromatic N) is 2. The SMILES string of the molecule is CCOc1ccc([C@H]2C(=C(O)c3ccc(OCC(C)C)cc3)C(=O)C(=O)N2CCCN(C)C)cc1. The van der Waals surface area contributed by atoms with Crippen molar-refractivity contribution in [3.8, 4) is 11.5 Å². The highest BCUT2D eigenvalue weighted by atomic mass is 16.5. The van der Waals surface area contributed by atoms with Gasteiger partial charge < -0.3 is 24.4 Å². The van der Waals surface area contributed by atoms with Gasteiger partial charge in [-0.25, -0.2) is 0 Å². The van der Waals surface area contributed by atoms with Crippen molar-refractivity contribution in [1.29, 1.82) is 0 Å². The Labute approximate surface area is 207 Å². The van der Waals surface area contributed by atoms with Gasteiger partial charge in [0.1, 0.15) is 17.3 Å². The minimum atomic E-state index is -0.676. The normalized spacial score (nSPS) is 17.5. The van der Waals surface area contributed by atoms with Crippen molar-refractivity contribution in [3.05, 3.63) is 65.2 Å². The molecule has 2 aromatic carbocycles. The summed E-state index contributed by atoms with van der Waals surface area (Å²) in [7, 11) is 3.93. The third kappa shape index (κ3) is 6.42. The molecule has 7 nitrogen and oxygen atoms in total. The first kappa shape index (κ1) is 26.3. The van der Waals surface area contributed by atoms with Gasteiger partial charge in [-0.2, -0.15) is 0 Å². The number of amides is 1. The van der Waals surface area contributed by atoms with Crippen LogP contribution in [0, 0.1) is 5.92 Å². The standard InChI is InChI=1S/C28H36N2O5/c1-6-34-22-12-8-20(9-13-22)25-24(27(32)28(33)30(25)17-7-16-29(4)5)26(31)21-10-14-23(15-11-21)35-18-19(2)3/h8-15,19,25,31H,6-7,16-18H2,1-5H3/t25-/m0/s1. The fraction of sp³-hybridized carbons (Fsp3) is 0.429. The zero-order valence-electron chi connectivity index (χ0n) is 21.3. The molecule has 1 aliphatic heterocycles. The van der Waals surface area contributed by atoms with Crippen molar-refractivity contribution in [2.24, 2.45) is 5.92 Å². The van der Waals surface area contributed by atoms with Crippen LogP contribution in [0.4, 0.5) is 0 Å². The second kappa shape index (κ2) is 11.9. The number of likely N-dealkylation sites (tertiary alicyclic amines) is 1. The van der Waals surface area contributed by atoms with E-state index in [0.717, 1.165) is 12.1 Å². The maximum absolute atomic E-state index is 13.2. The highest BCUT2D eigenvalue weighted by molar-refractivity contribution is 6.46. The van der Waals surface area contributed by atoms with E-state index in [1.54, 1.807) is 29.2 Å². The fourth-order valence-corrected chi connectivity index (χ4v) is 4.05. The summed E-state index contributed by atoms with van der Waals surface area (Å²) in [5.74, 6) is 0.320. The molecule has 1 amide bonds. The fourth-order valence-electron chi connectivity index (χ4n) is 4.05. The minimum Gasteiger partial charge on any atom is -0.507 e. The van der Waals surface area contributed by atoms with Crippen molar-refractivity contribution in [2.75, 3.05) is 40.4 Å². The average Bonchev–Trinajstić information content (AvgIpc) is 3.08. The molecular weight excluding hydrogens is 444 g/mol. The van der Waals surface area contributed by atoms with E-state index in [0.29, 0.717) is 49.2 Å². The molecule has 7 heteroatoms. The summed E-state index contributed by atoms with van der Waals surface area (Å²) < 4.78 is 11.3. The van der Waals surface area contributed by atoms with Crippen LogP contribution >= 0.6 is 0 Å². The van der Waals surface area contributed by atoms with Gasteiger partial charge in [0.25, 0.3) is 11.7 Å². The molecule has 0 aliphatic carbocycles. The number of hydrogen-bond donors (Lipinski definition) is 1. The molecule has 1 N–H and O–H groups in total. The number of hydrogen-bond acceptors (Lipinski definition) is 6. The Morgan fingerprint density at radius 3 is 2.17 bits per heavy atom. The molecule has 0 aromatic heterocycles. The summed E-state index contributed by atoms with van der Waals surface area (Å²) in [6, 6.07) is 13.6. The molecule has 0 radical (unpaired) electrons. The second-order valence-electron chi connectivity index (χ2n) is 9.38. The maximum Gasteiger partial charge on any atom is 0.295 e.